The smallest absolute Gasteiger partial charge is 0.270 e. The lowest BCUT2D eigenvalue weighted by atomic mass is 10.1. The van der Waals surface area contributed by atoms with Crippen LogP contribution in [0.25, 0.3) is 0 Å². The molecule has 80 valence electrons. The van der Waals surface area contributed by atoms with Crippen LogP contribution in [0.5, 0.6) is 5.75 Å². The predicted molar refractivity (Wildman–Crippen MR) is 49.3 cm³/mol. The van der Waals surface area contributed by atoms with Crippen LogP contribution in [0.3, 0.4) is 0 Å². The quantitative estimate of drug-likeness (QED) is 0.581. The van der Waals surface area contributed by atoms with Gasteiger partial charge in [-0.1, -0.05) is 0 Å². The van der Waals surface area contributed by atoms with E-state index in [0.717, 1.165) is 0 Å². The van der Waals surface area contributed by atoms with Crippen LogP contribution in [0.1, 0.15) is 11.1 Å². The molecule has 0 aromatic heterocycles. The van der Waals surface area contributed by atoms with Gasteiger partial charge in [-0.3, -0.25) is 10.1 Å². The van der Waals surface area contributed by atoms with E-state index in [1.165, 1.54) is 12.1 Å². The third-order valence-corrected chi connectivity index (χ3v) is 2.15. The third kappa shape index (κ3) is 1.77. The number of hydrogen-bond acceptors (Lipinski definition) is 5. The molecule has 1 N–H and O–H groups in total. The number of fused-ring (bicyclic) bond motifs is 1. The van der Waals surface area contributed by atoms with E-state index in [2.05, 4.69) is 0 Å². The van der Waals surface area contributed by atoms with Gasteiger partial charge in [-0.15, -0.1) is 0 Å². The molecule has 0 aliphatic carbocycles. The van der Waals surface area contributed by atoms with E-state index in [-0.39, 0.29) is 25.7 Å². The van der Waals surface area contributed by atoms with Gasteiger partial charge in [0, 0.05) is 23.3 Å². The molecule has 0 spiro atoms. The van der Waals surface area contributed by atoms with Crippen LogP contribution in [0.15, 0.2) is 12.1 Å². The lowest BCUT2D eigenvalue weighted by Crippen LogP contribution is -2.13. The van der Waals surface area contributed by atoms with E-state index >= 15 is 0 Å². The van der Waals surface area contributed by atoms with E-state index in [1.54, 1.807) is 0 Å². The zero-order valence-electron chi connectivity index (χ0n) is 7.80. The van der Waals surface area contributed by atoms with Gasteiger partial charge >= 0.3 is 0 Å². The minimum Gasteiger partial charge on any atom is -0.467 e. The SMILES string of the molecule is O=[N+]([O-])c1cc(CO)c2c(c1)COCO2. The first kappa shape index (κ1) is 9.88. The number of non-ortho nitro benzene ring substituents is 1. The largest absolute Gasteiger partial charge is 0.467 e. The average Bonchev–Trinajstić information content (AvgIpc) is 2.27. The van der Waals surface area contributed by atoms with Gasteiger partial charge < -0.3 is 14.6 Å². The van der Waals surface area contributed by atoms with Crippen molar-refractivity contribution in [1.29, 1.82) is 0 Å². The van der Waals surface area contributed by atoms with Crippen LogP contribution in [0, 0.1) is 10.1 Å². The summed E-state index contributed by atoms with van der Waals surface area (Å²) in [6.07, 6.45) is 0. The summed E-state index contributed by atoms with van der Waals surface area (Å²) in [5, 5.41) is 19.7. The molecule has 0 atom stereocenters. The lowest BCUT2D eigenvalue weighted by molar-refractivity contribution is -0.385. The summed E-state index contributed by atoms with van der Waals surface area (Å²) in [4.78, 5) is 10.1. The Kier molecular flexibility index (Phi) is 2.53. The van der Waals surface area contributed by atoms with Crippen molar-refractivity contribution < 1.29 is 19.5 Å². The second kappa shape index (κ2) is 3.84. The molecule has 0 saturated carbocycles. The molecule has 2 rings (SSSR count). The Balaban J connectivity index is 2.52. The number of hydrogen-bond donors (Lipinski definition) is 1. The van der Waals surface area contributed by atoms with Crippen LogP contribution in [-0.2, 0) is 18.0 Å². The summed E-state index contributed by atoms with van der Waals surface area (Å²) in [6, 6.07) is 2.71. The van der Waals surface area contributed by atoms with Gasteiger partial charge in [0.15, 0.2) is 6.79 Å². The molecule has 0 radical (unpaired) electrons. The number of aliphatic hydroxyl groups is 1. The van der Waals surface area contributed by atoms with Gasteiger partial charge in [0.05, 0.1) is 18.1 Å². The molecule has 0 unspecified atom stereocenters. The topological polar surface area (TPSA) is 81.8 Å². The average molecular weight is 211 g/mol. The standard InChI is InChI=1S/C9H9NO5/c11-3-6-1-8(10(12)13)2-7-4-14-5-15-9(6)7/h1-2,11H,3-5H2. The van der Waals surface area contributed by atoms with Crippen molar-refractivity contribution >= 4 is 5.69 Å². The highest BCUT2D eigenvalue weighted by Gasteiger charge is 2.20. The minimum absolute atomic E-state index is 0.0631. The second-order valence-electron chi connectivity index (χ2n) is 3.12. The van der Waals surface area contributed by atoms with Crippen LogP contribution in [0.2, 0.25) is 0 Å². The number of aliphatic hydroxyl groups excluding tert-OH is 1. The zero-order chi connectivity index (χ0) is 10.8. The molecule has 1 aromatic carbocycles. The number of nitro groups is 1. The number of benzene rings is 1. The van der Waals surface area contributed by atoms with E-state index < -0.39 is 4.92 Å². The summed E-state index contributed by atoms with van der Waals surface area (Å²) >= 11 is 0. The van der Waals surface area contributed by atoms with E-state index in [0.29, 0.717) is 16.9 Å². The lowest BCUT2D eigenvalue weighted by Gasteiger charge is -2.19. The highest BCUT2D eigenvalue weighted by Crippen LogP contribution is 2.32. The molecule has 6 nitrogen and oxygen atoms in total. The van der Waals surface area contributed by atoms with Crippen molar-refractivity contribution in [2.24, 2.45) is 0 Å². The summed E-state index contributed by atoms with van der Waals surface area (Å²) in [5.41, 5.74) is 0.953. The van der Waals surface area contributed by atoms with Crippen molar-refractivity contribution in [3.63, 3.8) is 0 Å². The molecule has 0 fully saturated rings. The maximum absolute atomic E-state index is 10.6. The Labute approximate surface area is 85.2 Å². The molecule has 1 aliphatic rings. The molecule has 0 bridgehead atoms. The second-order valence-corrected chi connectivity index (χ2v) is 3.12. The normalized spacial score (nSPS) is 14.2. The first-order valence-electron chi connectivity index (χ1n) is 4.34. The van der Waals surface area contributed by atoms with Crippen molar-refractivity contribution in [2.45, 2.75) is 13.2 Å². The fourth-order valence-corrected chi connectivity index (χ4v) is 1.50. The Hall–Kier alpha value is -1.66. The van der Waals surface area contributed by atoms with E-state index in [9.17, 15) is 10.1 Å². The highest BCUT2D eigenvalue weighted by atomic mass is 16.7. The van der Waals surface area contributed by atoms with E-state index in [4.69, 9.17) is 14.6 Å². The zero-order valence-corrected chi connectivity index (χ0v) is 7.80. The number of ether oxygens (including phenoxy) is 2. The Morgan fingerprint density at radius 2 is 2.33 bits per heavy atom. The molecule has 1 aliphatic heterocycles. The Bertz CT molecular complexity index is 386. The first-order valence-corrected chi connectivity index (χ1v) is 4.34. The fraction of sp³-hybridized carbons (Fsp3) is 0.333. The molecule has 6 heteroatoms. The summed E-state index contributed by atoms with van der Waals surface area (Å²) in [5.74, 6) is 0.495. The number of rotatable bonds is 2. The van der Waals surface area contributed by atoms with Crippen molar-refractivity contribution in [3.05, 3.63) is 33.4 Å². The van der Waals surface area contributed by atoms with Crippen LogP contribution in [0.4, 0.5) is 5.69 Å². The Morgan fingerprint density at radius 3 is 3.00 bits per heavy atom. The van der Waals surface area contributed by atoms with Gasteiger partial charge in [-0.2, -0.15) is 0 Å². The summed E-state index contributed by atoms with van der Waals surface area (Å²) in [7, 11) is 0. The van der Waals surface area contributed by atoms with Crippen LogP contribution in [-0.4, -0.2) is 16.8 Å². The van der Waals surface area contributed by atoms with Crippen LogP contribution >= 0.6 is 0 Å². The minimum atomic E-state index is -0.506. The predicted octanol–water partition coefficient (Wildman–Crippen LogP) is 0.954. The summed E-state index contributed by atoms with van der Waals surface area (Å²) < 4.78 is 10.2. The van der Waals surface area contributed by atoms with Gasteiger partial charge in [0.25, 0.3) is 5.69 Å². The monoisotopic (exact) mass is 211 g/mol. The van der Waals surface area contributed by atoms with Gasteiger partial charge in [0.2, 0.25) is 0 Å². The highest BCUT2D eigenvalue weighted by molar-refractivity contribution is 5.50. The number of nitro benzene ring substituents is 1. The van der Waals surface area contributed by atoms with E-state index in [1.807, 2.05) is 0 Å². The maximum atomic E-state index is 10.6. The Morgan fingerprint density at radius 1 is 1.53 bits per heavy atom. The van der Waals surface area contributed by atoms with Crippen molar-refractivity contribution in [2.75, 3.05) is 6.79 Å². The van der Waals surface area contributed by atoms with Gasteiger partial charge in [-0.25, -0.2) is 0 Å². The summed E-state index contributed by atoms with van der Waals surface area (Å²) in [6.45, 7) is 0.0891. The first-order chi connectivity index (χ1) is 7.22. The molecule has 0 amide bonds. The molecule has 15 heavy (non-hydrogen) atoms. The fourth-order valence-electron chi connectivity index (χ4n) is 1.50. The molecular formula is C9H9NO5. The molecule has 0 saturated heterocycles. The van der Waals surface area contributed by atoms with Crippen molar-refractivity contribution in [1.82, 2.24) is 0 Å². The van der Waals surface area contributed by atoms with Crippen LogP contribution < -0.4 is 4.74 Å². The molecule has 1 heterocycles. The molecule has 1 aromatic rings. The number of nitrogens with zero attached hydrogens (tertiary/aromatic N) is 1. The molecular weight excluding hydrogens is 202 g/mol. The van der Waals surface area contributed by atoms with Gasteiger partial charge in [0.1, 0.15) is 5.75 Å². The van der Waals surface area contributed by atoms with Gasteiger partial charge in [-0.05, 0) is 0 Å². The maximum Gasteiger partial charge on any atom is 0.270 e. The third-order valence-electron chi connectivity index (χ3n) is 2.15. The van der Waals surface area contributed by atoms with Crippen molar-refractivity contribution in [3.8, 4) is 5.75 Å².